The molecule has 0 fully saturated rings. The third-order valence-electron chi connectivity index (χ3n) is 10.7. The number of hydrogen-bond acceptors (Lipinski definition) is 12. The molecule has 69 heavy (non-hydrogen) atoms. The lowest BCUT2D eigenvalue weighted by Crippen LogP contribution is -2.28. The van der Waals surface area contributed by atoms with Crippen molar-refractivity contribution < 1.29 is 50.9 Å². The number of anilines is 2. The maximum absolute atomic E-state index is 14.4. The first-order chi connectivity index (χ1) is 33.1. The van der Waals surface area contributed by atoms with E-state index in [1.165, 1.54) is 61.5 Å². The molecule has 3 aromatic heterocycles. The first kappa shape index (κ1) is 48.5. The minimum atomic E-state index is -4.79. The maximum atomic E-state index is 14.4. The molecular weight excluding hydrogens is 909 g/mol. The molecule has 0 saturated carbocycles. The Balaban J connectivity index is 0.869. The van der Waals surface area contributed by atoms with Gasteiger partial charge in [0.2, 0.25) is 5.91 Å². The molecular formula is C47H46F4N10O8. The van der Waals surface area contributed by atoms with Gasteiger partial charge in [0.05, 0.1) is 51.4 Å². The largest absolute Gasteiger partial charge is 0.497 e. The molecule has 360 valence electrons. The van der Waals surface area contributed by atoms with Crippen molar-refractivity contribution in [2.75, 3.05) is 45.2 Å². The molecule has 0 atom stereocenters. The van der Waals surface area contributed by atoms with Crippen LogP contribution in [-0.4, -0.2) is 76.4 Å². The Bertz CT molecular complexity index is 3040. The first-order valence-electron chi connectivity index (χ1n) is 21.2. The number of carbonyl (C=O) groups is 3. The van der Waals surface area contributed by atoms with Crippen LogP contribution < -0.4 is 47.2 Å². The number of pyridine rings is 1. The van der Waals surface area contributed by atoms with Gasteiger partial charge in [0.15, 0.2) is 5.69 Å². The van der Waals surface area contributed by atoms with Crippen molar-refractivity contribution in [1.82, 2.24) is 35.2 Å². The summed E-state index contributed by atoms with van der Waals surface area (Å²) >= 11 is 0. The molecule has 3 amide bonds. The normalized spacial score (nSPS) is 11.3. The number of halogens is 4. The molecule has 0 aliphatic heterocycles. The van der Waals surface area contributed by atoms with Crippen molar-refractivity contribution in [2.24, 2.45) is 5.73 Å². The summed E-state index contributed by atoms with van der Waals surface area (Å²) in [4.78, 5) is 52.7. The van der Waals surface area contributed by atoms with Crippen LogP contribution in [0.2, 0.25) is 0 Å². The Kier molecular flexibility index (Phi) is 15.1. The van der Waals surface area contributed by atoms with Crippen LogP contribution in [0.1, 0.15) is 50.4 Å². The van der Waals surface area contributed by atoms with Crippen LogP contribution in [0.4, 0.5) is 29.1 Å². The number of hydrogen-bond donors (Lipinski definition) is 6. The van der Waals surface area contributed by atoms with Gasteiger partial charge in [0, 0.05) is 71.5 Å². The van der Waals surface area contributed by atoms with Crippen molar-refractivity contribution in [2.45, 2.75) is 38.7 Å². The summed E-state index contributed by atoms with van der Waals surface area (Å²) in [6.45, 7) is -0.132. The van der Waals surface area contributed by atoms with Gasteiger partial charge in [-0.2, -0.15) is 23.4 Å². The second-order valence-corrected chi connectivity index (χ2v) is 15.3. The number of primary amides is 1. The minimum absolute atomic E-state index is 0.00298. The fourth-order valence-electron chi connectivity index (χ4n) is 7.35. The van der Waals surface area contributed by atoms with Crippen LogP contribution in [0.15, 0.2) is 102 Å². The highest BCUT2D eigenvalue weighted by Crippen LogP contribution is 2.36. The fourth-order valence-corrected chi connectivity index (χ4v) is 7.35. The third kappa shape index (κ3) is 11.6. The Morgan fingerprint density at radius 2 is 1.70 bits per heavy atom. The molecule has 0 bridgehead atoms. The summed E-state index contributed by atoms with van der Waals surface area (Å²) in [5.74, 6) is -1.14. The maximum Gasteiger partial charge on any atom is 0.433 e. The zero-order chi connectivity index (χ0) is 49.2. The number of carbonyl (C=O) groups excluding carboxylic acids is 3. The highest BCUT2D eigenvalue weighted by molar-refractivity contribution is 6.03. The van der Waals surface area contributed by atoms with E-state index >= 15 is 0 Å². The lowest BCUT2D eigenvalue weighted by molar-refractivity contribution is -0.144. The highest BCUT2D eigenvalue weighted by Gasteiger charge is 2.39. The van der Waals surface area contributed by atoms with E-state index in [1.807, 2.05) is 0 Å². The summed E-state index contributed by atoms with van der Waals surface area (Å²) in [5.41, 5.74) is 12.3. The predicted octanol–water partition coefficient (Wildman–Crippen LogP) is 5.93. The van der Waals surface area contributed by atoms with Gasteiger partial charge in [-0.05, 0) is 48.4 Å². The Morgan fingerprint density at radius 1 is 0.913 bits per heavy atom. The molecule has 0 saturated heterocycles. The van der Waals surface area contributed by atoms with E-state index in [9.17, 15) is 36.7 Å². The number of ether oxygens (including phenoxy) is 4. The van der Waals surface area contributed by atoms with Gasteiger partial charge < -0.3 is 51.3 Å². The summed E-state index contributed by atoms with van der Waals surface area (Å²) in [6.07, 6.45) is -1.93. The van der Waals surface area contributed by atoms with Crippen molar-refractivity contribution in [3.8, 4) is 34.2 Å². The number of amides is 3. The van der Waals surface area contributed by atoms with Gasteiger partial charge in [0.25, 0.3) is 17.4 Å². The molecule has 0 unspecified atom stereocenters. The predicted molar refractivity (Wildman–Crippen MR) is 245 cm³/mol. The number of rotatable bonds is 21. The van der Waals surface area contributed by atoms with Crippen molar-refractivity contribution in [1.29, 1.82) is 0 Å². The molecule has 18 nitrogen and oxygen atoms in total. The van der Waals surface area contributed by atoms with E-state index in [4.69, 9.17) is 30.4 Å². The summed E-state index contributed by atoms with van der Waals surface area (Å²) < 4.78 is 81.1. The Labute approximate surface area is 390 Å². The average molecular weight is 955 g/mol. The van der Waals surface area contributed by atoms with Crippen LogP contribution in [0.3, 0.4) is 0 Å². The van der Waals surface area contributed by atoms with Crippen molar-refractivity contribution in [3.63, 3.8) is 0 Å². The van der Waals surface area contributed by atoms with Crippen LogP contribution in [0.5, 0.6) is 17.2 Å². The molecule has 4 aromatic carbocycles. The molecule has 7 aromatic rings. The van der Waals surface area contributed by atoms with E-state index in [1.54, 1.807) is 42.5 Å². The third-order valence-corrected chi connectivity index (χ3v) is 10.7. The lowest BCUT2D eigenvalue weighted by atomic mass is 10.0. The molecule has 0 spiro atoms. The van der Waals surface area contributed by atoms with Crippen molar-refractivity contribution in [3.05, 3.63) is 141 Å². The van der Waals surface area contributed by atoms with E-state index in [2.05, 4.69) is 31.1 Å². The molecule has 0 radical (unpaired) electrons. The molecule has 7 rings (SSSR count). The molecule has 8 N–H and O–H groups in total. The number of aromatic nitrogens is 5. The summed E-state index contributed by atoms with van der Waals surface area (Å²) in [5, 5.41) is 17.5. The number of fused-ring (bicyclic) bond motifs is 1. The average Bonchev–Trinajstić information content (AvgIpc) is 3.92. The molecule has 0 aliphatic carbocycles. The summed E-state index contributed by atoms with van der Waals surface area (Å²) in [6, 6.07) is 21.3. The zero-order valence-electron chi connectivity index (χ0n) is 37.1. The standard InChI is InChI=1S/C47H46F4N10O8/c1-66-32-20-31(57-26-68-25-29-24-58-61(42(29)47(49,50)51)37-6-3-5-35-34(37)14-15-55-45(35)64)21-33(22-32)69-18-4-7-39(62)54-16-17-60-43(52)40(44(53)63)41(59-60)28-10-8-27(9-11-28)23-56-46(65)36-19-30(48)12-13-38(36)67-2/h3,5-6,8-15,19-22,24,57H,4,7,16-18,23,25-26,52H2,1-2H3,(H2,53,63)(H,54,62)(H,55,64)(H,56,65). The number of alkyl halides is 3. The number of nitrogens with two attached hydrogens (primary N) is 2. The van der Waals surface area contributed by atoms with Gasteiger partial charge in [-0.3, -0.25) is 19.2 Å². The number of benzene rings is 4. The van der Waals surface area contributed by atoms with Crippen LogP contribution >= 0.6 is 0 Å². The first-order valence-corrected chi connectivity index (χ1v) is 21.2. The van der Waals surface area contributed by atoms with Gasteiger partial charge in [-0.1, -0.05) is 30.3 Å². The van der Waals surface area contributed by atoms with Crippen LogP contribution in [0.25, 0.3) is 27.7 Å². The van der Waals surface area contributed by atoms with E-state index in [-0.39, 0.29) is 90.3 Å². The SMILES string of the molecule is COc1cc(NCOCc2cnn(-c3cccc4c(=O)[nH]ccc34)c2C(F)(F)F)cc(OCCCC(=O)NCCn2nc(-c3ccc(CNC(=O)c4cc(F)ccc4OC)cc3)c(C(N)=O)c2N)c1. The van der Waals surface area contributed by atoms with Gasteiger partial charge in [-0.25, -0.2) is 13.8 Å². The smallest absolute Gasteiger partial charge is 0.433 e. The number of H-pyrrole nitrogens is 1. The number of aromatic amines is 1. The van der Waals surface area contributed by atoms with E-state index in [0.29, 0.717) is 40.1 Å². The quantitative estimate of drug-likeness (QED) is 0.0279. The molecule has 0 aliphatic rings. The molecule has 3 heterocycles. The van der Waals surface area contributed by atoms with Gasteiger partial charge in [0.1, 0.15) is 46.9 Å². The lowest BCUT2D eigenvalue weighted by Gasteiger charge is -2.15. The fraction of sp³-hybridized carbons (Fsp3) is 0.234. The number of nitrogen functional groups attached to an aromatic ring is 1. The number of methoxy groups -OCH3 is 2. The number of nitrogens with zero attached hydrogens (tertiary/aromatic N) is 4. The second-order valence-electron chi connectivity index (χ2n) is 15.3. The molecule has 22 heteroatoms. The van der Waals surface area contributed by atoms with Gasteiger partial charge in [-0.15, -0.1) is 0 Å². The Hall–Kier alpha value is -8.40. The van der Waals surface area contributed by atoms with Gasteiger partial charge >= 0.3 is 6.18 Å². The van der Waals surface area contributed by atoms with E-state index in [0.717, 1.165) is 16.9 Å². The summed E-state index contributed by atoms with van der Waals surface area (Å²) in [7, 11) is 2.84. The monoisotopic (exact) mass is 954 g/mol. The topological polar surface area (TPSA) is 245 Å². The van der Waals surface area contributed by atoms with Crippen LogP contribution in [0, 0.1) is 5.82 Å². The minimum Gasteiger partial charge on any atom is -0.497 e. The highest BCUT2D eigenvalue weighted by atomic mass is 19.4. The zero-order valence-corrected chi connectivity index (χ0v) is 37.1. The Morgan fingerprint density at radius 3 is 2.43 bits per heavy atom. The second kappa shape index (κ2) is 21.5. The number of nitrogens with one attached hydrogen (secondary N) is 4. The van der Waals surface area contributed by atoms with Crippen molar-refractivity contribution >= 4 is 40.0 Å². The van der Waals surface area contributed by atoms with Crippen LogP contribution in [-0.2, 0) is 35.4 Å². The van der Waals surface area contributed by atoms with E-state index < -0.39 is 41.7 Å².